The number of likely N-dealkylation sites (tertiary alicyclic amines) is 1. The average Bonchev–Trinajstić information content (AvgIpc) is 2.85. The van der Waals surface area contributed by atoms with Crippen molar-refractivity contribution in [2.45, 2.75) is 12.8 Å². The number of aromatic carboxylic acids is 1. The van der Waals surface area contributed by atoms with E-state index in [0.29, 0.717) is 5.69 Å². The minimum atomic E-state index is -1.05. The largest absolute Gasteiger partial charge is 0.478 e. The van der Waals surface area contributed by atoms with Crippen molar-refractivity contribution in [3.8, 4) is 0 Å². The molecule has 0 aromatic heterocycles. The number of carboxylic acid groups (broad SMARTS) is 1. The van der Waals surface area contributed by atoms with Gasteiger partial charge in [-0.25, -0.2) is 9.59 Å². The average molecular weight is 269 g/mol. The highest BCUT2D eigenvalue weighted by atomic mass is 35.5. The van der Waals surface area contributed by atoms with Crippen LogP contribution >= 0.6 is 11.6 Å². The number of hydrogen-bond donors (Lipinski definition) is 2. The van der Waals surface area contributed by atoms with Crippen molar-refractivity contribution in [1.82, 2.24) is 4.90 Å². The molecule has 0 bridgehead atoms. The molecular weight excluding hydrogens is 256 g/mol. The standard InChI is InChI=1S/C12H13ClN2O3/c13-9-7-8(11(16)17)3-4-10(9)14-12(18)15-5-1-2-6-15/h3-4,7H,1-2,5-6H2,(H,14,18)(H,16,17). The fourth-order valence-electron chi connectivity index (χ4n) is 1.86. The molecule has 0 atom stereocenters. The second-order valence-corrected chi connectivity index (χ2v) is 4.53. The number of rotatable bonds is 2. The lowest BCUT2D eigenvalue weighted by Crippen LogP contribution is -2.32. The van der Waals surface area contributed by atoms with Crippen LogP contribution in [0.2, 0.25) is 5.02 Å². The molecule has 2 N–H and O–H groups in total. The van der Waals surface area contributed by atoms with Crippen LogP contribution in [0.3, 0.4) is 0 Å². The maximum Gasteiger partial charge on any atom is 0.335 e. The van der Waals surface area contributed by atoms with Gasteiger partial charge in [0, 0.05) is 13.1 Å². The van der Waals surface area contributed by atoms with Gasteiger partial charge in [0.15, 0.2) is 0 Å². The zero-order valence-electron chi connectivity index (χ0n) is 9.65. The minimum absolute atomic E-state index is 0.0965. The second-order valence-electron chi connectivity index (χ2n) is 4.12. The molecule has 0 spiro atoms. The van der Waals surface area contributed by atoms with Gasteiger partial charge < -0.3 is 15.3 Å². The van der Waals surface area contributed by atoms with Crippen LogP contribution in [0.1, 0.15) is 23.2 Å². The van der Waals surface area contributed by atoms with Gasteiger partial charge >= 0.3 is 12.0 Å². The zero-order chi connectivity index (χ0) is 13.1. The Morgan fingerprint density at radius 1 is 1.28 bits per heavy atom. The summed E-state index contributed by atoms with van der Waals surface area (Å²) in [6.07, 6.45) is 2.03. The summed E-state index contributed by atoms with van der Waals surface area (Å²) < 4.78 is 0. The Labute approximate surface area is 109 Å². The molecule has 2 amide bonds. The van der Waals surface area contributed by atoms with Crippen LogP contribution < -0.4 is 5.32 Å². The lowest BCUT2D eigenvalue weighted by atomic mass is 10.2. The Morgan fingerprint density at radius 2 is 1.94 bits per heavy atom. The van der Waals surface area contributed by atoms with E-state index < -0.39 is 5.97 Å². The van der Waals surface area contributed by atoms with Crippen molar-refractivity contribution in [2.24, 2.45) is 0 Å². The van der Waals surface area contributed by atoms with Gasteiger partial charge in [-0.3, -0.25) is 0 Å². The number of nitrogens with zero attached hydrogens (tertiary/aromatic N) is 1. The molecule has 5 nitrogen and oxygen atoms in total. The van der Waals surface area contributed by atoms with Crippen LogP contribution in [-0.4, -0.2) is 35.1 Å². The van der Waals surface area contributed by atoms with Crippen molar-refractivity contribution in [3.05, 3.63) is 28.8 Å². The van der Waals surface area contributed by atoms with Crippen molar-refractivity contribution < 1.29 is 14.7 Å². The third kappa shape index (κ3) is 2.73. The summed E-state index contributed by atoms with van der Waals surface area (Å²) in [6, 6.07) is 4.04. The van der Waals surface area contributed by atoms with Crippen molar-refractivity contribution in [1.29, 1.82) is 0 Å². The van der Waals surface area contributed by atoms with Gasteiger partial charge in [-0.15, -0.1) is 0 Å². The molecule has 1 fully saturated rings. The van der Waals surface area contributed by atoms with Crippen molar-refractivity contribution >= 4 is 29.3 Å². The maximum atomic E-state index is 11.8. The van der Waals surface area contributed by atoms with Gasteiger partial charge in [0.2, 0.25) is 0 Å². The van der Waals surface area contributed by atoms with E-state index in [4.69, 9.17) is 16.7 Å². The number of nitrogens with one attached hydrogen (secondary N) is 1. The SMILES string of the molecule is O=C(O)c1ccc(NC(=O)N2CCCC2)c(Cl)c1. The van der Waals surface area contributed by atoms with E-state index in [2.05, 4.69) is 5.32 Å². The Kier molecular flexibility index (Phi) is 3.72. The highest BCUT2D eigenvalue weighted by Gasteiger charge is 2.18. The Morgan fingerprint density at radius 3 is 2.50 bits per heavy atom. The molecule has 1 aliphatic heterocycles. The number of carboxylic acids is 1. The fraction of sp³-hybridized carbons (Fsp3) is 0.333. The number of anilines is 1. The van der Waals surface area contributed by atoms with E-state index in [9.17, 15) is 9.59 Å². The lowest BCUT2D eigenvalue weighted by molar-refractivity contribution is 0.0697. The molecule has 0 aliphatic carbocycles. The van der Waals surface area contributed by atoms with Gasteiger partial charge in [0.1, 0.15) is 0 Å². The number of carbonyl (C=O) groups is 2. The van der Waals surface area contributed by atoms with E-state index in [1.165, 1.54) is 18.2 Å². The second kappa shape index (κ2) is 5.27. The number of carbonyl (C=O) groups excluding carboxylic acids is 1. The van der Waals surface area contributed by atoms with E-state index in [0.717, 1.165) is 25.9 Å². The van der Waals surface area contributed by atoms with E-state index in [1.54, 1.807) is 4.90 Å². The molecule has 2 rings (SSSR count). The molecule has 1 aliphatic rings. The fourth-order valence-corrected chi connectivity index (χ4v) is 2.09. The summed E-state index contributed by atoms with van der Waals surface area (Å²) in [5.74, 6) is -1.05. The summed E-state index contributed by atoms with van der Waals surface area (Å²) in [5.41, 5.74) is 0.526. The van der Waals surface area contributed by atoms with Gasteiger partial charge in [-0.2, -0.15) is 0 Å². The molecule has 96 valence electrons. The monoisotopic (exact) mass is 268 g/mol. The van der Waals surface area contributed by atoms with Crippen LogP contribution in [0, 0.1) is 0 Å². The van der Waals surface area contributed by atoms with Gasteiger partial charge in [-0.05, 0) is 31.0 Å². The highest BCUT2D eigenvalue weighted by molar-refractivity contribution is 6.34. The van der Waals surface area contributed by atoms with Crippen LogP contribution in [0.4, 0.5) is 10.5 Å². The molecule has 1 aromatic rings. The summed E-state index contributed by atoms with van der Waals surface area (Å²) in [4.78, 5) is 24.3. The summed E-state index contributed by atoms with van der Waals surface area (Å²) in [7, 11) is 0. The lowest BCUT2D eigenvalue weighted by Gasteiger charge is -2.16. The number of amides is 2. The van der Waals surface area contributed by atoms with Crippen LogP contribution in [-0.2, 0) is 0 Å². The Balaban J connectivity index is 2.09. The van der Waals surface area contributed by atoms with E-state index in [1.807, 2.05) is 0 Å². The van der Waals surface area contributed by atoms with E-state index in [-0.39, 0.29) is 16.6 Å². The molecule has 0 saturated carbocycles. The quantitative estimate of drug-likeness (QED) is 0.866. The summed E-state index contributed by atoms with van der Waals surface area (Å²) >= 11 is 5.93. The Bertz CT molecular complexity index is 484. The number of hydrogen-bond acceptors (Lipinski definition) is 2. The smallest absolute Gasteiger partial charge is 0.335 e. The van der Waals surface area contributed by atoms with Crippen LogP contribution in [0.25, 0.3) is 0 Å². The molecule has 1 heterocycles. The summed E-state index contributed by atoms with van der Waals surface area (Å²) in [5, 5.41) is 11.7. The van der Waals surface area contributed by atoms with Crippen molar-refractivity contribution in [3.63, 3.8) is 0 Å². The maximum absolute atomic E-state index is 11.8. The van der Waals surface area contributed by atoms with Crippen LogP contribution in [0.15, 0.2) is 18.2 Å². The van der Waals surface area contributed by atoms with Gasteiger partial charge in [-0.1, -0.05) is 11.6 Å². The summed E-state index contributed by atoms with van der Waals surface area (Å²) in [6.45, 7) is 1.49. The third-order valence-electron chi connectivity index (χ3n) is 2.85. The highest BCUT2D eigenvalue weighted by Crippen LogP contribution is 2.24. The molecule has 1 saturated heterocycles. The van der Waals surface area contributed by atoms with Crippen LogP contribution in [0.5, 0.6) is 0 Å². The first-order valence-corrected chi connectivity index (χ1v) is 6.04. The molecule has 6 heteroatoms. The topological polar surface area (TPSA) is 69.6 Å². The van der Waals surface area contributed by atoms with E-state index >= 15 is 0 Å². The first kappa shape index (κ1) is 12.7. The number of urea groups is 1. The third-order valence-corrected chi connectivity index (χ3v) is 3.16. The number of halogens is 1. The first-order chi connectivity index (χ1) is 8.58. The molecule has 18 heavy (non-hydrogen) atoms. The first-order valence-electron chi connectivity index (χ1n) is 5.66. The van der Waals surface area contributed by atoms with Crippen molar-refractivity contribution in [2.75, 3.05) is 18.4 Å². The molecular formula is C12H13ClN2O3. The van der Waals surface area contributed by atoms with Gasteiger partial charge in [0.25, 0.3) is 0 Å². The minimum Gasteiger partial charge on any atom is -0.478 e. The predicted molar refractivity (Wildman–Crippen MR) is 68.2 cm³/mol. The number of benzene rings is 1. The van der Waals surface area contributed by atoms with Gasteiger partial charge in [0.05, 0.1) is 16.3 Å². The normalized spacial score (nSPS) is 14.6. The molecule has 0 radical (unpaired) electrons. The predicted octanol–water partition coefficient (Wildman–Crippen LogP) is 2.67. The molecule has 0 unspecified atom stereocenters. The molecule has 1 aromatic carbocycles. The zero-order valence-corrected chi connectivity index (χ0v) is 10.4. The Hall–Kier alpha value is -1.75.